The van der Waals surface area contributed by atoms with Crippen LogP contribution in [0.2, 0.25) is 0 Å². The molecule has 182 valence electrons. The zero-order chi connectivity index (χ0) is 25.2. The van der Waals surface area contributed by atoms with Crippen molar-refractivity contribution in [2.45, 2.75) is 39.2 Å². The number of rotatable bonds is 7. The first-order chi connectivity index (χ1) is 16.7. The van der Waals surface area contributed by atoms with E-state index in [0.717, 1.165) is 11.1 Å². The number of carbonyl (C=O) groups excluding carboxylic acids is 1. The molecule has 10 heteroatoms. The van der Waals surface area contributed by atoms with Crippen molar-refractivity contribution in [3.63, 3.8) is 0 Å². The molecular formula is C25H28N6O4. The summed E-state index contributed by atoms with van der Waals surface area (Å²) in [5.41, 5.74) is 1.63. The minimum absolute atomic E-state index is 0.224. The zero-order valence-electron chi connectivity index (χ0n) is 20.6. The molecule has 4 aromatic rings. The van der Waals surface area contributed by atoms with E-state index in [0.29, 0.717) is 29.0 Å². The largest absolute Gasteiger partial charge is 0.493 e. The second-order valence-corrected chi connectivity index (χ2v) is 9.05. The van der Waals surface area contributed by atoms with Crippen molar-refractivity contribution in [3.8, 4) is 28.8 Å². The number of amides is 1. The number of nitrogens with one attached hydrogen (secondary N) is 1. The van der Waals surface area contributed by atoms with Gasteiger partial charge in [-0.1, -0.05) is 32.0 Å². The molecule has 0 saturated carbocycles. The maximum absolute atomic E-state index is 12.8. The van der Waals surface area contributed by atoms with Gasteiger partial charge in [0, 0.05) is 23.4 Å². The molecule has 0 unspecified atom stereocenters. The standard InChI is InChI=1S/C25H28N6O4/c1-15(16-7-8-19(33-5)20(11-16)34-6)28-22(32)18-13-31(14-27-18)21-12-17(9-10-26-21)23-29-24(30-35-23)25(2,3)4/h7-15H,1-6H3,(H,28,32)/t15-/m0/s1. The van der Waals surface area contributed by atoms with E-state index >= 15 is 0 Å². The first kappa shape index (κ1) is 23.9. The van der Waals surface area contributed by atoms with E-state index in [-0.39, 0.29) is 23.1 Å². The van der Waals surface area contributed by atoms with Crippen molar-refractivity contribution in [2.24, 2.45) is 0 Å². The topological polar surface area (TPSA) is 117 Å². The third-order valence-corrected chi connectivity index (χ3v) is 5.42. The fourth-order valence-electron chi connectivity index (χ4n) is 3.38. The van der Waals surface area contributed by atoms with E-state index in [1.807, 2.05) is 39.8 Å². The summed E-state index contributed by atoms with van der Waals surface area (Å²) >= 11 is 0. The van der Waals surface area contributed by atoms with Gasteiger partial charge in [-0.25, -0.2) is 9.97 Å². The van der Waals surface area contributed by atoms with E-state index in [1.54, 1.807) is 49.4 Å². The minimum atomic E-state index is -0.311. The Kier molecular flexibility index (Phi) is 6.54. The quantitative estimate of drug-likeness (QED) is 0.423. The maximum atomic E-state index is 12.8. The predicted octanol–water partition coefficient (Wildman–Crippen LogP) is 4.12. The second-order valence-electron chi connectivity index (χ2n) is 9.05. The zero-order valence-corrected chi connectivity index (χ0v) is 20.6. The Morgan fingerprint density at radius 3 is 2.54 bits per heavy atom. The van der Waals surface area contributed by atoms with Gasteiger partial charge >= 0.3 is 0 Å². The van der Waals surface area contributed by atoms with Gasteiger partial charge in [0.05, 0.1) is 20.3 Å². The first-order valence-electron chi connectivity index (χ1n) is 11.1. The van der Waals surface area contributed by atoms with E-state index in [9.17, 15) is 4.79 Å². The highest BCUT2D eigenvalue weighted by molar-refractivity contribution is 5.92. The van der Waals surface area contributed by atoms with Crippen LogP contribution in [0.3, 0.4) is 0 Å². The van der Waals surface area contributed by atoms with Crippen LogP contribution < -0.4 is 14.8 Å². The molecule has 3 aromatic heterocycles. The number of pyridine rings is 1. The predicted molar refractivity (Wildman–Crippen MR) is 129 cm³/mol. The highest BCUT2D eigenvalue weighted by Gasteiger charge is 2.22. The molecule has 4 rings (SSSR count). The van der Waals surface area contributed by atoms with Crippen molar-refractivity contribution < 1.29 is 18.8 Å². The number of nitrogens with zero attached hydrogens (tertiary/aromatic N) is 5. The van der Waals surface area contributed by atoms with Crippen LogP contribution in [0.4, 0.5) is 0 Å². The second kappa shape index (κ2) is 9.57. The van der Waals surface area contributed by atoms with Crippen molar-refractivity contribution >= 4 is 5.91 Å². The number of carbonyl (C=O) groups is 1. The number of benzene rings is 1. The lowest BCUT2D eigenvalue weighted by Crippen LogP contribution is -2.27. The molecule has 0 radical (unpaired) electrons. The van der Waals surface area contributed by atoms with Gasteiger partial charge in [-0.2, -0.15) is 4.98 Å². The van der Waals surface area contributed by atoms with Gasteiger partial charge in [0.15, 0.2) is 17.3 Å². The monoisotopic (exact) mass is 476 g/mol. The molecule has 0 aliphatic heterocycles. The van der Waals surface area contributed by atoms with Crippen LogP contribution >= 0.6 is 0 Å². The van der Waals surface area contributed by atoms with Crippen molar-refractivity contribution in [3.05, 3.63) is 66.1 Å². The third kappa shape index (κ3) is 5.16. The van der Waals surface area contributed by atoms with Gasteiger partial charge in [-0.15, -0.1) is 0 Å². The highest BCUT2D eigenvalue weighted by atomic mass is 16.5. The summed E-state index contributed by atoms with van der Waals surface area (Å²) in [5.74, 6) is 2.50. The maximum Gasteiger partial charge on any atom is 0.271 e. The number of ether oxygens (including phenoxy) is 2. The van der Waals surface area contributed by atoms with Gasteiger partial charge in [0.25, 0.3) is 11.8 Å². The fourth-order valence-corrected chi connectivity index (χ4v) is 3.38. The van der Waals surface area contributed by atoms with E-state index in [2.05, 4.69) is 25.4 Å². The van der Waals surface area contributed by atoms with Crippen LogP contribution in [-0.2, 0) is 5.41 Å². The van der Waals surface area contributed by atoms with E-state index < -0.39 is 0 Å². The van der Waals surface area contributed by atoms with Crippen molar-refractivity contribution in [1.82, 2.24) is 30.0 Å². The lowest BCUT2D eigenvalue weighted by molar-refractivity contribution is 0.0935. The smallest absolute Gasteiger partial charge is 0.271 e. The van der Waals surface area contributed by atoms with Gasteiger partial charge in [-0.3, -0.25) is 9.36 Å². The Balaban J connectivity index is 1.50. The molecule has 35 heavy (non-hydrogen) atoms. The Labute approximate surface area is 203 Å². The normalized spacial score (nSPS) is 12.3. The molecule has 0 aliphatic carbocycles. The average Bonchev–Trinajstić information content (AvgIpc) is 3.54. The van der Waals surface area contributed by atoms with Crippen LogP contribution in [0.15, 0.2) is 53.6 Å². The molecule has 0 spiro atoms. The number of imidazole rings is 1. The first-order valence-corrected chi connectivity index (χ1v) is 11.1. The van der Waals surface area contributed by atoms with Crippen LogP contribution in [0.5, 0.6) is 11.5 Å². The van der Waals surface area contributed by atoms with Gasteiger partial charge in [0.2, 0.25) is 0 Å². The fraction of sp³-hybridized carbons (Fsp3) is 0.320. The average molecular weight is 477 g/mol. The molecular weight excluding hydrogens is 448 g/mol. The number of hydrogen-bond acceptors (Lipinski definition) is 8. The van der Waals surface area contributed by atoms with Gasteiger partial charge in [-0.05, 0) is 36.8 Å². The summed E-state index contributed by atoms with van der Waals surface area (Å²) in [4.78, 5) is 26.0. The molecule has 0 fully saturated rings. The lowest BCUT2D eigenvalue weighted by atomic mass is 9.96. The SMILES string of the molecule is COc1ccc([C@H](C)NC(=O)c2cn(-c3cc(-c4nc(C(C)(C)C)no4)ccn3)cn2)cc1OC. The molecule has 1 N–H and O–H groups in total. The molecule has 0 aliphatic rings. The molecule has 1 atom stereocenters. The van der Waals surface area contributed by atoms with Gasteiger partial charge < -0.3 is 19.3 Å². The third-order valence-electron chi connectivity index (χ3n) is 5.42. The summed E-state index contributed by atoms with van der Waals surface area (Å²) in [6.45, 7) is 7.94. The summed E-state index contributed by atoms with van der Waals surface area (Å²) in [6, 6.07) is 8.83. The van der Waals surface area contributed by atoms with Crippen molar-refractivity contribution in [2.75, 3.05) is 14.2 Å². The highest BCUT2D eigenvalue weighted by Crippen LogP contribution is 2.30. The molecule has 1 amide bonds. The van der Waals surface area contributed by atoms with Crippen LogP contribution in [-0.4, -0.2) is 44.8 Å². The summed E-state index contributed by atoms with van der Waals surface area (Å²) in [6.07, 6.45) is 4.80. The van der Waals surface area contributed by atoms with Gasteiger partial charge in [0.1, 0.15) is 17.8 Å². The molecule has 0 bridgehead atoms. The Morgan fingerprint density at radius 2 is 1.86 bits per heavy atom. The number of aromatic nitrogens is 5. The number of methoxy groups -OCH3 is 2. The number of hydrogen-bond donors (Lipinski definition) is 1. The summed E-state index contributed by atoms with van der Waals surface area (Å²) in [7, 11) is 3.15. The van der Waals surface area contributed by atoms with Crippen LogP contribution in [0, 0.1) is 0 Å². The summed E-state index contributed by atoms with van der Waals surface area (Å²) in [5, 5.41) is 7.03. The Hall–Kier alpha value is -4.21. The van der Waals surface area contributed by atoms with Crippen LogP contribution in [0.25, 0.3) is 17.3 Å². The van der Waals surface area contributed by atoms with Crippen molar-refractivity contribution in [1.29, 1.82) is 0 Å². The molecule has 3 heterocycles. The van der Waals surface area contributed by atoms with E-state index in [4.69, 9.17) is 14.0 Å². The molecule has 1 aromatic carbocycles. The van der Waals surface area contributed by atoms with Crippen LogP contribution in [0.1, 0.15) is 55.6 Å². The Bertz CT molecular complexity index is 1340. The molecule has 10 nitrogen and oxygen atoms in total. The van der Waals surface area contributed by atoms with E-state index in [1.165, 1.54) is 6.33 Å². The lowest BCUT2D eigenvalue weighted by Gasteiger charge is -2.16. The molecule has 0 saturated heterocycles. The minimum Gasteiger partial charge on any atom is -0.493 e. The Morgan fingerprint density at radius 1 is 1.09 bits per heavy atom. The summed E-state index contributed by atoms with van der Waals surface area (Å²) < 4.78 is 17.7.